The molecule has 0 saturated carbocycles. The first-order valence-corrected chi connectivity index (χ1v) is 8.47. The van der Waals surface area contributed by atoms with Crippen molar-refractivity contribution in [3.63, 3.8) is 0 Å². The molecule has 130 valence electrons. The predicted molar refractivity (Wildman–Crippen MR) is 94.8 cm³/mol. The summed E-state index contributed by atoms with van der Waals surface area (Å²) in [5.41, 5.74) is 11.4. The van der Waals surface area contributed by atoms with E-state index in [0.717, 1.165) is 0 Å². The molecule has 6 N–H and O–H groups in total. The molecule has 0 aromatic heterocycles. The molecule has 0 fully saturated rings. The highest BCUT2D eigenvalue weighted by Gasteiger charge is 2.13. The van der Waals surface area contributed by atoms with Crippen molar-refractivity contribution in [3.8, 4) is 5.75 Å². The summed E-state index contributed by atoms with van der Waals surface area (Å²) in [5, 5.41) is 10.2. The molecule has 0 aliphatic carbocycles. The van der Waals surface area contributed by atoms with Crippen LogP contribution in [0, 0.1) is 0 Å². The van der Waals surface area contributed by atoms with E-state index in [2.05, 4.69) is 0 Å². The van der Waals surface area contributed by atoms with Gasteiger partial charge in [-0.15, -0.1) is 0 Å². The molecule has 0 saturated heterocycles. The van der Waals surface area contributed by atoms with E-state index in [-0.39, 0.29) is 10.6 Å². The van der Waals surface area contributed by atoms with E-state index in [1.807, 2.05) is 0 Å². The molecular formula is C17H16N2O5S. The van der Waals surface area contributed by atoms with E-state index >= 15 is 0 Å². The fraction of sp³-hybridized carbons (Fsp3) is 0. The average molecular weight is 360 g/mol. The third-order valence-corrected chi connectivity index (χ3v) is 4.18. The van der Waals surface area contributed by atoms with Gasteiger partial charge in [-0.3, -0.25) is 9.35 Å². The Morgan fingerprint density at radius 3 is 2.20 bits per heavy atom. The molecule has 0 aliphatic heterocycles. The Labute approximate surface area is 144 Å². The number of anilines is 1. The van der Waals surface area contributed by atoms with Crippen LogP contribution in [0.5, 0.6) is 5.75 Å². The van der Waals surface area contributed by atoms with Crippen molar-refractivity contribution in [1.29, 1.82) is 0 Å². The molecule has 0 radical (unpaired) electrons. The lowest BCUT2D eigenvalue weighted by Crippen LogP contribution is -2.10. The van der Waals surface area contributed by atoms with Crippen LogP contribution in [0.15, 0.2) is 65.6 Å². The van der Waals surface area contributed by atoms with Crippen molar-refractivity contribution in [3.05, 3.63) is 66.2 Å². The van der Waals surface area contributed by atoms with Crippen LogP contribution < -0.4 is 11.5 Å². The van der Waals surface area contributed by atoms with Crippen LogP contribution in [0.1, 0.15) is 10.4 Å². The minimum atomic E-state index is -4.22. The molecule has 0 spiro atoms. The molecule has 8 heteroatoms. The third kappa shape index (κ3) is 4.69. The lowest BCUT2D eigenvalue weighted by atomic mass is 10.1. The SMILES string of the molecule is NC(=O)c1cccc(N)c1.O=S(=O)(O)c1cccc2cc(O)ccc12. The van der Waals surface area contributed by atoms with E-state index in [1.165, 1.54) is 30.3 Å². The first-order chi connectivity index (χ1) is 11.7. The van der Waals surface area contributed by atoms with E-state index in [4.69, 9.17) is 16.0 Å². The molecule has 0 aliphatic rings. The number of aromatic hydroxyl groups is 1. The standard InChI is InChI=1S/C10H8O4S.C7H8N2O/c11-8-4-5-9-7(6-8)2-1-3-10(9)15(12,13)14;8-6-3-1-2-5(4-6)7(9)10/h1-6,11H,(H,12,13,14);1-4H,8H2,(H2,9,10). The maximum atomic E-state index is 11.0. The number of amides is 1. The molecule has 25 heavy (non-hydrogen) atoms. The number of carbonyl (C=O) groups is 1. The van der Waals surface area contributed by atoms with Gasteiger partial charge in [0.2, 0.25) is 5.91 Å². The highest BCUT2D eigenvalue weighted by atomic mass is 32.2. The first kappa shape index (κ1) is 18.2. The zero-order valence-electron chi connectivity index (χ0n) is 13.0. The van der Waals surface area contributed by atoms with Gasteiger partial charge in [-0.25, -0.2) is 0 Å². The smallest absolute Gasteiger partial charge is 0.295 e. The quantitative estimate of drug-likeness (QED) is 0.407. The van der Waals surface area contributed by atoms with Gasteiger partial charge in [0.05, 0.1) is 0 Å². The van der Waals surface area contributed by atoms with Crippen LogP contribution in [0.3, 0.4) is 0 Å². The Balaban J connectivity index is 0.000000196. The normalized spacial score (nSPS) is 10.8. The van der Waals surface area contributed by atoms with Gasteiger partial charge in [-0.05, 0) is 47.9 Å². The summed E-state index contributed by atoms with van der Waals surface area (Å²) in [6, 6.07) is 15.3. The number of phenols is 1. The van der Waals surface area contributed by atoms with Gasteiger partial charge in [0.15, 0.2) is 0 Å². The Hall–Kier alpha value is -3.10. The van der Waals surface area contributed by atoms with Crippen LogP contribution in [-0.4, -0.2) is 24.0 Å². The highest BCUT2D eigenvalue weighted by molar-refractivity contribution is 7.86. The zero-order chi connectivity index (χ0) is 18.6. The minimum absolute atomic E-state index is 0.0509. The number of nitrogen functional groups attached to an aromatic ring is 1. The van der Waals surface area contributed by atoms with Gasteiger partial charge < -0.3 is 16.6 Å². The number of carbonyl (C=O) groups excluding carboxylic acids is 1. The number of benzene rings is 3. The lowest BCUT2D eigenvalue weighted by Gasteiger charge is -2.03. The summed E-state index contributed by atoms with van der Waals surface area (Å²) in [4.78, 5) is 10.4. The number of nitrogens with two attached hydrogens (primary N) is 2. The van der Waals surface area contributed by atoms with Gasteiger partial charge in [0, 0.05) is 16.6 Å². The summed E-state index contributed by atoms with van der Waals surface area (Å²) in [6.45, 7) is 0. The summed E-state index contributed by atoms with van der Waals surface area (Å²) >= 11 is 0. The Kier molecular flexibility index (Phi) is 5.26. The summed E-state index contributed by atoms with van der Waals surface area (Å²) in [5.74, 6) is -0.401. The average Bonchev–Trinajstić information content (AvgIpc) is 2.53. The maximum absolute atomic E-state index is 11.0. The predicted octanol–water partition coefficient (Wildman–Crippen LogP) is 2.16. The number of hydrogen-bond acceptors (Lipinski definition) is 5. The number of rotatable bonds is 2. The molecule has 3 aromatic rings. The van der Waals surface area contributed by atoms with Crippen molar-refractivity contribution in [2.45, 2.75) is 4.90 Å². The van der Waals surface area contributed by atoms with Crippen molar-refractivity contribution in [2.24, 2.45) is 5.73 Å². The lowest BCUT2D eigenvalue weighted by molar-refractivity contribution is 0.100. The van der Waals surface area contributed by atoms with Crippen LogP contribution in [0.25, 0.3) is 10.8 Å². The summed E-state index contributed by atoms with van der Waals surface area (Å²) in [6.07, 6.45) is 0. The first-order valence-electron chi connectivity index (χ1n) is 7.03. The van der Waals surface area contributed by atoms with E-state index in [0.29, 0.717) is 22.0 Å². The highest BCUT2D eigenvalue weighted by Crippen LogP contribution is 2.25. The Morgan fingerprint density at radius 2 is 1.64 bits per heavy atom. The second kappa shape index (κ2) is 7.20. The second-order valence-electron chi connectivity index (χ2n) is 5.13. The van der Waals surface area contributed by atoms with Gasteiger partial charge >= 0.3 is 0 Å². The summed E-state index contributed by atoms with van der Waals surface area (Å²) < 4.78 is 31.0. The molecule has 0 bridgehead atoms. The molecule has 3 aromatic carbocycles. The van der Waals surface area contributed by atoms with Crippen LogP contribution in [0.2, 0.25) is 0 Å². The molecular weight excluding hydrogens is 344 g/mol. The Bertz CT molecular complexity index is 1030. The van der Waals surface area contributed by atoms with Gasteiger partial charge in [-0.1, -0.05) is 18.2 Å². The summed E-state index contributed by atoms with van der Waals surface area (Å²) in [7, 11) is -4.22. The van der Waals surface area contributed by atoms with Gasteiger partial charge in [0.25, 0.3) is 10.1 Å². The van der Waals surface area contributed by atoms with Crippen LogP contribution in [0.4, 0.5) is 5.69 Å². The molecule has 0 heterocycles. The van der Waals surface area contributed by atoms with Crippen LogP contribution in [-0.2, 0) is 10.1 Å². The minimum Gasteiger partial charge on any atom is -0.508 e. The second-order valence-corrected chi connectivity index (χ2v) is 6.52. The Morgan fingerprint density at radius 1 is 0.960 bits per heavy atom. The molecule has 7 nitrogen and oxygen atoms in total. The fourth-order valence-electron chi connectivity index (χ4n) is 2.16. The van der Waals surface area contributed by atoms with Gasteiger partial charge in [0.1, 0.15) is 10.6 Å². The topological polar surface area (TPSA) is 144 Å². The van der Waals surface area contributed by atoms with E-state index in [9.17, 15) is 18.3 Å². The largest absolute Gasteiger partial charge is 0.508 e. The maximum Gasteiger partial charge on any atom is 0.295 e. The molecule has 0 unspecified atom stereocenters. The molecule has 3 rings (SSSR count). The van der Waals surface area contributed by atoms with Crippen molar-refractivity contribution < 1.29 is 22.9 Å². The number of primary amides is 1. The zero-order valence-corrected chi connectivity index (χ0v) is 13.8. The van der Waals surface area contributed by atoms with Crippen molar-refractivity contribution in [1.82, 2.24) is 0 Å². The van der Waals surface area contributed by atoms with Crippen LogP contribution >= 0.6 is 0 Å². The molecule has 1 amide bonds. The van der Waals surface area contributed by atoms with Crippen molar-refractivity contribution in [2.75, 3.05) is 5.73 Å². The van der Waals surface area contributed by atoms with Crippen molar-refractivity contribution >= 4 is 32.5 Å². The fourth-order valence-corrected chi connectivity index (χ4v) is 2.87. The number of fused-ring (bicyclic) bond motifs is 1. The number of hydrogen-bond donors (Lipinski definition) is 4. The van der Waals surface area contributed by atoms with Gasteiger partial charge in [-0.2, -0.15) is 8.42 Å². The third-order valence-electron chi connectivity index (χ3n) is 3.27. The number of phenolic OH excluding ortho intramolecular Hbond substituents is 1. The molecule has 0 atom stereocenters. The monoisotopic (exact) mass is 360 g/mol. The van der Waals surface area contributed by atoms with E-state index < -0.39 is 16.0 Å². The van der Waals surface area contributed by atoms with E-state index in [1.54, 1.807) is 30.3 Å².